The van der Waals surface area contributed by atoms with Gasteiger partial charge in [0, 0.05) is 24.2 Å². The van der Waals surface area contributed by atoms with E-state index in [1.54, 1.807) is 6.07 Å². The van der Waals surface area contributed by atoms with Crippen LogP contribution in [0.1, 0.15) is 12.8 Å². The van der Waals surface area contributed by atoms with Crippen LogP contribution in [0.15, 0.2) is 29.1 Å². The van der Waals surface area contributed by atoms with Crippen LogP contribution in [0, 0.1) is 0 Å². The number of fused-ring (bicyclic) bond motifs is 1. The van der Waals surface area contributed by atoms with Gasteiger partial charge >= 0.3 is 0 Å². The molecule has 3 rings (SSSR count). The lowest BCUT2D eigenvalue weighted by Gasteiger charge is -2.16. The molecule has 1 saturated heterocycles. The summed E-state index contributed by atoms with van der Waals surface area (Å²) >= 11 is 0. The summed E-state index contributed by atoms with van der Waals surface area (Å²) in [6.45, 7) is 1.95. The monoisotopic (exact) mass is 229 g/mol. The molecule has 0 bridgehead atoms. The van der Waals surface area contributed by atoms with Crippen LogP contribution in [0.25, 0.3) is 10.9 Å². The smallest absolute Gasteiger partial charge is 0.271 e. The number of anilines is 2. The van der Waals surface area contributed by atoms with E-state index in [0.29, 0.717) is 5.69 Å². The molecule has 0 saturated carbocycles. The topological polar surface area (TPSA) is 62.1 Å². The molecular formula is C13H15N3O. The lowest BCUT2D eigenvalue weighted by atomic mass is 10.2. The Bertz CT molecular complexity index is 612. The Hall–Kier alpha value is -1.97. The number of nitrogen functional groups attached to an aromatic ring is 1. The van der Waals surface area contributed by atoms with Crippen LogP contribution >= 0.6 is 0 Å². The van der Waals surface area contributed by atoms with Gasteiger partial charge in [-0.3, -0.25) is 4.79 Å². The highest BCUT2D eigenvalue weighted by molar-refractivity contribution is 5.84. The van der Waals surface area contributed by atoms with E-state index >= 15 is 0 Å². The summed E-state index contributed by atoms with van der Waals surface area (Å²) in [5.74, 6) is 0. The quantitative estimate of drug-likeness (QED) is 0.732. The van der Waals surface area contributed by atoms with Crippen molar-refractivity contribution >= 4 is 22.3 Å². The van der Waals surface area contributed by atoms with Crippen molar-refractivity contribution in [3.8, 4) is 0 Å². The van der Waals surface area contributed by atoms with Crippen LogP contribution < -0.4 is 16.2 Å². The number of nitrogens with two attached hydrogens (primary N) is 1. The van der Waals surface area contributed by atoms with Crippen LogP contribution in [0.2, 0.25) is 0 Å². The van der Waals surface area contributed by atoms with E-state index in [0.717, 1.165) is 29.7 Å². The van der Waals surface area contributed by atoms with Gasteiger partial charge in [0.15, 0.2) is 0 Å². The fraction of sp³-hybridized carbons (Fsp3) is 0.308. The molecule has 1 aliphatic heterocycles. The highest BCUT2D eigenvalue weighted by Crippen LogP contribution is 2.21. The van der Waals surface area contributed by atoms with Gasteiger partial charge in [-0.2, -0.15) is 0 Å². The molecule has 0 aliphatic carbocycles. The Morgan fingerprint density at radius 1 is 1.18 bits per heavy atom. The average Bonchev–Trinajstić information content (AvgIpc) is 2.81. The molecule has 0 unspecified atom stereocenters. The summed E-state index contributed by atoms with van der Waals surface area (Å²) in [6.07, 6.45) is 2.33. The number of hydrogen-bond donors (Lipinski definition) is 2. The van der Waals surface area contributed by atoms with E-state index in [1.807, 2.05) is 18.2 Å². The molecule has 0 radical (unpaired) electrons. The second-order valence-corrected chi connectivity index (χ2v) is 4.52. The minimum absolute atomic E-state index is 0.0231. The highest BCUT2D eigenvalue weighted by atomic mass is 16.1. The third kappa shape index (κ3) is 1.75. The predicted octanol–water partition coefficient (Wildman–Crippen LogP) is 1.71. The zero-order valence-electron chi connectivity index (χ0n) is 9.57. The highest BCUT2D eigenvalue weighted by Gasteiger charge is 2.15. The van der Waals surface area contributed by atoms with Gasteiger partial charge < -0.3 is 15.6 Å². The minimum Gasteiger partial charge on any atom is -0.399 e. The molecule has 2 heterocycles. The summed E-state index contributed by atoms with van der Waals surface area (Å²) in [4.78, 5) is 17.0. The number of nitrogens with one attached hydrogen (secondary N) is 1. The maximum atomic E-state index is 12.0. The van der Waals surface area contributed by atoms with E-state index in [4.69, 9.17) is 5.73 Å². The molecule has 1 fully saturated rings. The molecule has 4 heteroatoms. The first-order valence-corrected chi connectivity index (χ1v) is 5.91. The maximum absolute atomic E-state index is 12.0. The molecule has 17 heavy (non-hydrogen) atoms. The largest absolute Gasteiger partial charge is 0.399 e. The van der Waals surface area contributed by atoms with Crippen molar-refractivity contribution in [2.24, 2.45) is 0 Å². The molecule has 0 atom stereocenters. The van der Waals surface area contributed by atoms with Gasteiger partial charge in [-0.1, -0.05) is 6.07 Å². The first kappa shape index (κ1) is 10.2. The molecule has 1 aliphatic rings. The zero-order valence-corrected chi connectivity index (χ0v) is 9.57. The molecule has 0 spiro atoms. The van der Waals surface area contributed by atoms with Gasteiger partial charge in [-0.05, 0) is 31.0 Å². The zero-order chi connectivity index (χ0) is 11.8. The molecule has 1 aromatic carbocycles. The number of aromatic nitrogens is 1. The van der Waals surface area contributed by atoms with E-state index in [2.05, 4.69) is 9.88 Å². The lowest BCUT2D eigenvalue weighted by Crippen LogP contribution is -2.25. The molecule has 0 amide bonds. The number of aromatic amines is 1. The lowest BCUT2D eigenvalue weighted by molar-refractivity contribution is 0.949. The predicted molar refractivity (Wildman–Crippen MR) is 70.4 cm³/mol. The number of H-pyrrole nitrogens is 1. The summed E-state index contributed by atoms with van der Waals surface area (Å²) in [6, 6.07) is 7.55. The van der Waals surface area contributed by atoms with Crippen molar-refractivity contribution in [2.75, 3.05) is 23.7 Å². The van der Waals surface area contributed by atoms with Crippen molar-refractivity contribution in [3.05, 3.63) is 34.6 Å². The van der Waals surface area contributed by atoms with Gasteiger partial charge in [0.2, 0.25) is 0 Å². The molecule has 1 aromatic heterocycles. The fourth-order valence-corrected chi connectivity index (χ4v) is 2.40. The van der Waals surface area contributed by atoms with Crippen molar-refractivity contribution in [3.63, 3.8) is 0 Å². The average molecular weight is 229 g/mol. The maximum Gasteiger partial charge on any atom is 0.271 e. The Morgan fingerprint density at radius 3 is 2.71 bits per heavy atom. The van der Waals surface area contributed by atoms with Crippen molar-refractivity contribution in [1.82, 2.24) is 4.98 Å². The number of rotatable bonds is 1. The molecule has 3 N–H and O–H groups in total. The SMILES string of the molecule is Nc1ccc2cc(N3CCCC3)c(=O)[nH]c2c1. The van der Waals surface area contributed by atoms with Gasteiger partial charge in [-0.15, -0.1) is 0 Å². The van der Waals surface area contributed by atoms with Gasteiger partial charge in [0.1, 0.15) is 5.69 Å². The fourth-order valence-electron chi connectivity index (χ4n) is 2.40. The Morgan fingerprint density at radius 2 is 1.94 bits per heavy atom. The van der Waals surface area contributed by atoms with Crippen molar-refractivity contribution in [2.45, 2.75) is 12.8 Å². The molecular weight excluding hydrogens is 214 g/mol. The third-order valence-electron chi connectivity index (χ3n) is 3.30. The second kappa shape index (κ2) is 3.80. The van der Waals surface area contributed by atoms with Gasteiger partial charge in [0.05, 0.1) is 5.52 Å². The van der Waals surface area contributed by atoms with Crippen LogP contribution in [-0.2, 0) is 0 Å². The first-order valence-electron chi connectivity index (χ1n) is 5.91. The van der Waals surface area contributed by atoms with E-state index < -0.39 is 0 Å². The molecule has 2 aromatic rings. The summed E-state index contributed by atoms with van der Waals surface area (Å²) < 4.78 is 0. The second-order valence-electron chi connectivity index (χ2n) is 4.52. The number of benzene rings is 1. The number of nitrogens with zero attached hydrogens (tertiary/aromatic N) is 1. The Balaban J connectivity index is 2.16. The summed E-state index contributed by atoms with van der Waals surface area (Å²) in [7, 11) is 0. The van der Waals surface area contributed by atoms with Crippen LogP contribution in [-0.4, -0.2) is 18.1 Å². The van der Waals surface area contributed by atoms with Crippen LogP contribution in [0.5, 0.6) is 0 Å². The number of pyridine rings is 1. The van der Waals surface area contributed by atoms with Gasteiger partial charge in [0.25, 0.3) is 5.56 Å². The van der Waals surface area contributed by atoms with E-state index in [1.165, 1.54) is 12.8 Å². The van der Waals surface area contributed by atoms with Crippen LogP contribution in [0.4, 0.5) is 11.4 Å². The normalized spacial score (nSPS) is 15.6. The first-order chi connectivity index (χ1) is 8.24. The molecule has 4 nitrogen and oxygen atoms in total. The van der Waals surface area contributed by atoms with Crippen molar-refractivity contribution < 1.29 is 0 Å². The molecule has 88 valence electrons. The van der Waals surface area contributed by atoms with Crippen LogP contribution in [0.3, 0.4) is 0 Å². The summed E-state index contributed by atoms with van der Waals surface area (Å²) in [5, 5.41) is 1.03. The van der Waals surface area contributed by atoms with E-state index in [9.17, 15) is 4.79 Å². The Labute approximate surface area is 99.0 Å². The standard InChI is InChI=1S/C13H15N3O/c14-10-4-3-9-7-12(16-5-1-2-6-16)13(17)15-11(9)8-10/h3-4,7-8H,1-2,5-6,14H2,(H,15,17). The third-order valence-corrected chi connectivity index (χ3v) is 3.30. The number of hydrogen-bond acceptors (Lipinski definition) is 3. The van der Waals surface area contributed by atoms with E-state index in [-0.39, 0.29) is 5.56 Å². The van der Waals surface area contributed by atoms with Crippen molar-refractivity contribution in [1.29, 1.82) is 0 Å². The summed E-state index contributed by atoms with van der Waals surface area (Å²) in [5.41, 5.74) is 7.93. The Kier molecular flexibility index (Phi) is 2.28. The minimum atomic E-state index is -0.0231. The van der Waals surface area contributed by atoms with Gasteiger partial charge in [-0.25, -0.2) is 0 Å².